The fourth-order valence-electron chi connectivity index (χ4n) is 3.76. The highest BCUT2D eigenvalue weighted by Gasteiger charge is 2.30. The van der Waals surface area contributed by atoms with Crippen molar-refractivity contribution in [2.45, 2.75) is 19.8 Å². The molecule has 1 aliphatic rings. The molecule has 1 aromatic heterocycles. The van der Waals surface area contributed by atoms with Gasteiger partial charge in [-0.3, -0.25) is 14.4 Å². The van der Waals surface area contributed by atoms with E-state index in [0.29, 0.717) is 40.7 Å². The third kappa shape index (κ3) is 4.75. The van der Waals surface area contributed by atoms with Crippen molar-refractivity contribution < 1.29 is 18.8 Å². The number of ketones is 1. The van der Waals surface area contributed by atoms with Gasteiger partial charge in [0.15, 0.2) is 10.9 Å². The molecule has 1 saturated heterocycles. The van der Waals surface area contributed by atoms with Crippen LogP contribution in [0.1, 0.15) is 39.8 Å². The van der Waals surface area contributed by atoms with Crippen molar-refractivity contribution in [3.63, 3.8) is 0 Å². The lowest BCUT2D eigenvalue weighted by Crippen LogP contribution is -2.43. The first-order chi connectivity index (χ1) is 15.4. The van der Waals surface area contributed by atoms with E-state index >= 15 is 0 Å². The molecule has 1 aliphatic heterocycles. The van der Waals surface area contributed by atoms with Crippen molar-refractivity contribution in [1.82, 2.24) is 9.88 Å². The van der Waals surface area contributed by atoms with Crippen molar-refractivity contribution in [2.75, 3.05) is 18.4 Å². The monoisotopic (exact) mass is 451 g/mol. The predicted molar refractivity (Wildman–Crippen MR) is 121 cm³/mol. The minimum atomic E-state index is -0.402. The van der Waals surface area contributed by atoms with Gasteiger partial charge in [0.2, 0.25) is 5.91 Å². The molecule has 6 nitrogen and oxygen atoms in total. The molecule has 0 bridgehead atoms. The Morgan fingerprint density at radius 1 is 1.09 bits per heavy atom. The molecule has 1 N–H and O–H groups in total. The molecule has 0 aliphatic carbocycles. The van der Waals surface area contributed by atoms with E-state index in [1.54, 1.807) is 4.90 Å². The van der Waals surface area contributed by atoms with Crippen LogP contribution in [0.25, 0.3) is 11.3 Å². The van der Waals surface area contributed by atoms with Gasteiger partial charge in [0.25, 0.3) is 5.91 Å². The topological polar surface area (TPSA) is 79.4 Å². The second-order valence-electron chi connectivity index (χ2n) is 7.71. The van der Waals surface area contributed by atoms with E-state index in [2.05, 4.69) is 10.3 Å². The van der Waals surface area contributed by atoms with Crippen molar-refractivity contribution in [1.29, 1.82) is 0 Å². The lowest BCUT2D eigenvalue weighted by atomic mass is 9.96. The second-order valence-corrected chi connectivity index (χ2v) is 8.70. The van der Waals surface area contributed by atoms with Gasteiger partial charge in [-0.25, -0.2) is 9.37 Å². The second kappa shape index (κ2) is 9.40. The summed E-state index contributed by atoms with van der Waals surface area (Å²) in [6.45, 7) is 2.30. The molecular weight excluding hydrogens is 429 g/mol. The summed E-state index contributed by atoms with van der Waals surface area (Å²) >= 11 is 1.15. The Hall–Kier alpha value is -3.39. The maximum atomic E-state index is 13.2. The molecule has 1 fully saturated rings. The lowest BCUT2D eigenvalue weighted by molar-refractivity contribution is -0.121. The van der Waals surface area contributed by atoms with Crippen LogP contribution in [-0.4, -0.2) is 40.6 Å². The van der Waals surface area contributed by atoms with E-state index in [9.17, 15) is 18.8 Å². The number of hydrogen-bond donors (Lipinski definition) is 1. The third-order valence-corrected chi connectivity index (χ3v) is 6.47. The lowest BCUT2D eigenvalue weighted by Gasteiger charge is -2.32. The van der Waals surface area contributed by atoms with E-state index in [-0.39, 0.29) is 24.1 Å². The zero-order valence-electron chi connectivity index (χ0n) is 17.5. The number of likely N-dealkylation sites (tertiary alicyclic amines) is 1. The number of carbonyl (C=O) groups is 3. The number of aromatic nitrogens is 1. The summed E-state index contributed by atoms with van der Waals surface area (Å²) in [5, 5.41) is 3.19. The third-order valence-electron chi connectivity index (χ3n) is 5.39. The van der Waals surface area contributed by atoms with Gasteiger partial charge in [-0.2, -0.15) is 0 Å². The number of halogens is 1. The van der Waals surface area contributed by atoms with E-state index < -0.39 is 11.7 Å². The molecule has 0 radical (unpaired) electrons. The summed E-state index contributed by atoms with van der Waals surface area (Å²) < 4.78 is 13.2. The van der Waals surface area contributed by atoms with Gasteiger partial charge in [0, 0.05) is 31.1 Å². The minimum Gasteiger partial charge on any atom is -0.338 e. The first kappa shape index (κ1) is 21.8. The smallest absolute Gasteiger partial charge is 0.253 e. The van der Waals surface area contributed by atoms with E-state index in [1.165, 1.54) is 31.2 Å². The van der Waals surface area contributed by atoms with Crippen molar-refractivity contribution in [3.8, 4) is 11.3 Å². The average Bonchev–Trinajstić information content (AvgIpc) is 3.24. The summed E-state index contributed by atoms with van der Waals surface area (Å²) in [5.74, 6) is -1.36. The highest BCUT2D eigenvalue weighted by Crippen LogP contribution is 2.32. The van der Waals surface area contributed by atoms with Gasteiger partial charge in [-0.15, -0.1) is 0 Å². The Kier molecular flexibility index (Phi) is 6.41. The normalized spacial score (nSPS) is 15.9. The summed E-state index contributed by atoms with van der Waals surface area (Å²) in [7, 11) is 0. The minimum absolute atomic E-state index is 0.115. The van der Waals surface area contributed by atoms with Crippen LogP contribution in [0, 0.1) is 11.7 Å². The van der Waals surface area contributed by atoms with Crippen molar-refractivity contribution in [3.05, 3.63) is 70.9 Å². The molecule has 32 heavy (non-hydrogen) atoms. The van der Waals surface area contributed by atoms with Crippen LogP contribution >= 0.6 is 11.3 Å². The van der Waals surface area contributed by atoms with Crippen LogP contribution in [0.15, 0.2) is 54.6 Å². The predicted octanol–water partition coefficient (Wildman–Crippen LogP) is 4.64. The molecule has 8 heteroatoms. The van der Waals surface area contributed by atoms with Gasteiger partial charge < -0.3 is 10.2 Å². The largest absolute Gasteiger partial charge is 0.338 e. The number of anilines is 1. The molecule has 3 aromatic rings. The van der Waals surface area contributed by atoms with Gasteiger partial charge in [-0.05, 0) is 37.1 Å². The van der Waals surface area contributed by atoms with Crippen LogP contribution in [0.4, 0.5) is 9.52 Å². The van der Waals surface area contributed by atoms with E-state index in [4.69, 9.17) is 0 Å². The number of Topliss-reactive ketones (excluding diaryl/α,β-unsaturated/α-hetero) is 1. The van der Waals surface area contributed by atoms with Crippen LogP contribution in [0.5, 0.6) is 0 Å². The zero-order chi connectivity index (χ0) is 22.7. The molecule has 2 aromatic carbocycles. The average molecular weight is 452 g/mol. The van der Waals surface area contributed by atoms with Crippen molar-refractivity contribution in [2.24, 2.45) is 5.92 Å². The Morgan fingerprint density at radius 3 is 2.50 bits per heavy atom. The maximum absolute atomic E-state index is 13.2. The molecular formula is C24H22FN3O3S. The van der Waals surface area contributed by atoms with E-state index in [1.807, 2.05) is 30.3 Å². The molecule has 2 amide bonds. The van der Waals surface area contributed by atoms with Crippen molar-refractivity contribution >= 4 is 34.1 Å². The molecule has 4 rings (SSSR count). The van der Waals surface area contributed by atoms with Crippen LogP contribution < -0.4 is 5.32 Å². The first-order valence-electron chi connectivity index (χ1n) is 10.4. The van der Waals surface area contributed by atoms with Gasteiger partial charge in [-0.1, -0.05) is 41.7 Å². The number of rotatable bonds is 5. The van der Waals surface area contributed by atoms with Gasteiger partial charge in [0.1, 0.15) is 5.82 Å². The number of piperidine rings is 1. The zero-order valence-corrected chi connectivity index (χ0v) is 18.3. The molecule has 0 spiro atoms. The fraction of sp³-hybridized carbons (Fsp3) is 0.250. The number of thiazole rings is 1. The number of benzene rings is 2. The number of amides is 2. The molecule has 0 unspecified atom stereocenters. The summed E-state index contributed by atoms with van der Waals surface area (Å²) in [6.07, 6.45) is 1.34. The summed E-state index contributed by atoms with van der Waals surface area (Å²) in [5.41, 5.74) is 1.75. The number of nitrogens with zero attached hydrogens (tertiary/aromatic N) is 2. The summed E-state index contributed by atoms with van der Waals surface area (Å²) in [6, 6.07) is 14.8. The Balaban J connectivity index is 1.47. The fourth-order valence-corrected chi connectivity index (χ4v) is 4.65. The van der Waals surface area contributed by atoms with Crippen LogP contribution in [0.3, 0.4) is 0 Å². The van der Waals surface area contributed by atoms with Gasteiger partial charge >= 0.3 is 0 Å². The molecule has 0 saturated carbocycles. The quantitative estimate of drug-likeness (QED) is 0.573. The van der Waals surface area contributed by atoms with Crippen LogP contribution in [-0.2, 0) is 4.79 Å². The number of nitrogens with one attached hydrogen (secondary N) is 1. The standard InChI is InChI=1S/C24H22FN3O3S/c1-15(29)21-20(16-6-3-2-4-7-16)26-24(32-21)27-22(30)18-8-5-13-28(14-18)23(31)17-9-11-19(25)12-10-17/h2-4,6-7,9-12,18H,5,8,13-14H2,1H3,(H,26,27,30)/t18-/m0/s1. The summed E-state index contributed by atoms with van der Waals surface area (Å²) in [4.78, 5) is 44.4. The van der Waals surface area contributed by atoms with Gasteiger partial charge in [0.05, 0.1) is 16.5 Å². The molecule has 2 heterocycles. The first-order valence-corrected chi connectivity index (χ1v) is 11.2. The molecule has 1 atom stereocenters. The number of hydrogen-bond acceptors (Lipinski definition) is 5. The Labute approximate surface area is 189 Å². The SMILES string of the molecule is CC(=O)c1sc(NC(=O)[C@H]2CCCN(C(=O)c3ccc(F)cc3)C2)nc1-c1ccccc1. The highest BCUT2D eigenvalue weighted by molar-refractivity contribution is 7.18. The Morgan fingerprint density at radius 2 is 1.81 bits per heavy atom. The number of carbonyl (C=O) groups excluding carboxylic acids is 3. The maximum Gasteiger partial charge on any atom is 0.253 e. The van der Waals surface area contributed by atoms with Crippen LogP contribution in [0.2, 0.25) is 0 Å². The Bertz CT molecular complexity index is 1150. The highest BCUT2D eigenvalue weighted by atomic mass is 32.1. The molecule has 164 valence electrons. The van der Waals surface area contributed by atoms with E-state index in [0.717, 1.165) is 16.9 Å².